The van der Waals surface area contributed by atoms with E-state index in [2.05, 4.69) is 6.92 Å². The highest BCUT2D eigenvalue weighted by atomic mass is 16.3. The molecule has 0 aliphatic heterocycles. The van der Waals surface area contributed by atoms with Gasteiger partial charge in [-0.3, -0.25) is 4.79 Å². The third-order valence-electron chi connectivity index (χ3n) is 2.65. The van der Waals surface area contributed by atoms with Crippen molar-refractivity contribution in [3.8, 4) is 0 Å². The van der Waals surface area contributed by atoms with Crippen molar-refractivity contribution < 1.29 is 9.90 Å². The fraction of sp³-hybridized carbons (Fsp3) is 0.900. The predicted octanol–water partition coefficient (Wildman–Crippen LogP) is 0.872. The van der Waals surface area contributed by atoms with Gasteiger partial charge in [0, 0.05) is 13.6 Å². The SMILES string of the molecule is CC1CC1CN(C)C(=O)C(C)(C)O. The van der Waals surface area contributed by atoms with E-state index in [1.165, 1.54) is 20.3 Å². The summed E-state index contributed by atoms with van der Waals surface area (Å²) in [6, 6.07) is 0. The van der Waals surface area contributed by atoms with Gasteiger partial charge in [-0.2, -0.15) is 0 Å². The molecule has 0 heterocycles. The molecule has 13 heavy (non-hydrogen) atoms. The summed E-state index contributed by atoms with van der Waals surface area (Å²) in [5.74, 6) is 1.21. The van der Waals surface area contributed by atoms with Crippen LogP contribution in [0.4, 0.5) is 0 Å². The molecule has 1 rings (SSSR count). The van der Waals surface area contributed by atoms with Crippen molar-refractivity contribution in [3.63, 3.8) is 0 Å². The van der Waals surface area contributed by atoms with Gasteiger partial charge in [0.15, 0.2) is 0 Å². The molecular weight excluding hydrogens is 166 g/mol. The zero-order valence-corrected chi connectivity index (χ0v) is 8.87. The predicted molar refractivity (Wildman–Crippen MR) is 51.2 cm³/mol. The van der Waals surface area contributed by atoms with Crippen LogP contribution in [0, 0.1) is 11.8 Å². The molecule has 0 bridgehead atoms. The van der Waals surface area contributed by atoms with E-state index in [0.29, 0.717) is 5.92 Å². The molecule has 0 radical (unpaired) electrons. The summed E-state index contributed by atoms with van der Waals surface area (Å²) < 4.78 is 0. The number of carbonyl (C=O) groups excluding carboxylic acids is 1. The third-order valence-corrected chi connectivity index (χ3v) is 2.65. The van der Waals surface area contributed by atoms with Gasteiger partial charge in [0.05, 0.1) is 0 Å². The summed E-state index contributed by atoms with van der Waals surface area (Å²) in [5, 5.41) is 9.46. The summed E-state index contributed by atoms with van der Waals surface area (Å²) in [7, 11) is 1.76. The van der Waals surface area contributed by atoms with Crippen LogP contribution in [0.25, 0.3) is 0 Å². The lowest BCUT2D eigenvalue weighted by molar-refractivity contribution is -0.146. The van der Waals surface area contributed by atoms with E-state index >= 15 is 0 Å². The molecule has 1 N–H and O–H groups in total. The Morgan fingerprint density at radius 2 is 2.08 bits per heavy atom. The number of likely N-dealkylation sites (N-methyl/N-ethyl adjacent to an activating group) is 1. The van der Waals surface area contributed by atoms with Crippen LogP contribution in [-0.4, -0.2) is 35.1 Å². The molecule has 1 aliphatic carbocycles. The molecule has 3 heteroatoms. The van der Waals surface area contributed by atoms with Gasteiger partial charge in [-0.25, -0.2) is 0 Å². The normalized spacial score (nSPS) is 27.2. The Morgan fingerprint density at radius 3 is 2.38 bits per heavy atom. The lowest BCUT2D eigenvalue weighted by atomic mass is 10.1. The number of hydrogen-bond acceptors (Lipinski definition) is 2. The quantitative estimate of drug-likeness (QED) is 0.709. The van der Waals surface area contributed by atoms with Gasteiger partial charge in [0.2, 0.25) is 0 Å². The van der Waals surface area contributed by atoms with Gasteiger partial charge in [0.1, 0.15) is 5.60 Å². The molecule has 76 valence electrons. The maximum atomic E-state index is 11.5. The second kappa shape index (κ2) is 3.29. The van der Waals surface area contributed by atoms with Crippen LogP contribution in [0.15, 0.2) is 0 Å². The van der Waals surface area contributed by atoms with Crippen molar-refractivity contribution in [2.24, 2.45) is 11.8 Å². The van der Waals surface area contributed by atoms with Crippen molar-refractivity contribution in [2.75, 3.05) is 13.6 Å². The molecule has 2 atom stereocenters. The second-order valence-corrected chi connectivity index (χ2v) is 4.72. The molecule has 1 amide bonds. The van der Waals surface area contributed by atoms with Crippen molar-refractivity contribution in [1.29, 1.82) is 0 Å². The minimum Gasteiger partial charge on any atom is -0.381 e. The first-order valence-corrected chi connectivity index (χ1v) is 4.80. The molecule has 2 unspecified atom stereocenters. The third kappa shape index (κ3) is 2.69. The molecule has 0 spiro atoms. The highest BCUT2D eigenvalue weighted by Gasteiger charge is 2.36. The molecule has 0 aromatic rings. The Bertz CT molecular complexity index is 207. The van der Waals surface area contributed by atoms with Gasteiger partial charge in [0.25, 0.3) is 5.91 Å². The maximum Gasteiger partial charge on any atom is 0.253 e. The maximum absolute atomic E-state index is 11.5. The van der Waals surface area contributed by atoms with E-state index in [-0.39, 0.29) is 5.91 Å². The molecule has 1 fully saturated rings. The van der Waals surface area contributed by atoms with Crippen molar-refractivity contribution in [2.45, 2.75) is 32.8 Å². The number of amides is 1. The number of carbonyl (C=O) groups is 1. The lowest BCUT2D eigenvalue weighted by Crippen LogP contribution is -2.43. The zero-order chi connectivity index (χ0) is 10.2. The van der Waals surface area contributed by atoms with Gasteiger partial charge in [-0.15, -0.1) is 0 Å². The molecule has 3 nitrogen and oxygen atoms in total. The summed E-state index contributed by atoms with van der Waals surface area (Å²) in [6.45, 7) is 6.03. The first kappa shape index (κ1) is 10.5. The molecule has 0 aromatic heterocycles. The average molecular weight is 185 g/mol. The Labute approximate surface area is 79.7 Å². The van der Waals surface area contributed by atoms with Crippen LogP contribution in [0.1, 0.15) is 27.2 Å². The standard InChI is InChI=1S/C10H19NO2/c1-7-5-8(7)6-11(4)9(12)10(2,3)13/h7-8,13H,5-6H2,1-4H3. The average Bonchev–Trinajstić information content (AvgIpc) is 2.63. The Balaban J connectivity index is 2.39. The number of nitrogens with zero attached hydrogens (tertiary/aromatic N) is 1. The van der Waals surface area contributed by atoms with E-state index < -0.39 is 5.60 Å². The highest BCUT2D eigenvalue weighted by molar-refractivity contribution is 5.83. The van der Waals surface area contributed by atoms with Gasteiger partial charge in [-0.1, -0.05) is 6.92 Å². The van der Waals surface area contributed by atoms with E-state index in [0.717, 1.165) is 12.5 Å². The topological polar surface area (TPSA) is 40.5 Å². The van der Waals surface area contributed by atoms with Gasteiger partial charge < -0.3 is 10.0 Å². The largest absolute Gasteiger partial charge is 0.381 e. The monoisotopic (exact) mass is 185 g/mol. The van der Waals surface area contributed by atoms with Crippen LogP contribution in [0.2, 0.25) is 0 Å². The summed E-state index contributed by atoms with van der Waals surface area (Å²) in [4.78, 5) is 13.1. The van der Waals surface area contributed by atoms with Crippen LogP contribution >= 0.6 is 0 Å². The van der Waals surface area contributed by atoms with E-state index in [9.17, 15) is 9.90 Å². The highest BCUT2D eigenvalue weighted by Crippen LogP contribution is 2.38. The fourth-order valence-corrected chi connectivity index (χ4v) is 1.56. The number of hydrogen-bond donors (Lipinski definition) is 1. The summed E-state index contributed by atoms with van der Waals surface area (Å²) >= 11 is 0. The van der Waals surface area contributed by atoms with Gasteiger partial charge in [-0.05, 0) is 32.1 Å². The Morgan fingerprint density at radius 1 is 1.62 bits per heavy atom. The Kier molecular flexibility index (Phi) is 2.66. The van der Waals surface area contributed by atoms with Crippen molar-refractivity contribution in [1.82, 2.24) is 4.90 Å². The van der Waals surface area contributed by atoms with Crippen LogP contribution < -0.4 is 0 Å². The summed E-state index contributed by atoms with van der Waals surface area (Å²) in [5.41, 5.74) is -1.23. The minimum atomic E-state index is -1.23. The van der Waals surface area contributed by atoms with Crippen LogP contribution in [0.3, 0.4) is 0 Å². The smallest absolute Gasteiger partial charge is 0.253 e. The molecule has 1 saturated carbocycles. The minimum absolute atomic E-state index is 0.188. The molecule has 1 aliphatic rings. The fourth-order valence-electron chi connectivity index (χ4n) is 1.56. The lowest BCUT2D eigenvalue weighted by Gasteiger charge is -2.24. The second-order valence-electron chi connectivity index (χ2n) is 4.72. The van der Waals surface area contributed by atoms with E-state index in [4.69, 9.17) is 0 Å². The Hall–Kier alpha value is -0.570. The van der Waals surface area contributed by atoms with Crippen LogP contribution in [0.5, 0.6) is 0 Å². The number of aliphatic hydroxyl groups is 1. The zero-order valence-electron chi connectivity index (χ0n) is 8.87. The number of rotatable bonds is 3. The first-order chi connectivity index (χ1) is 5.82. The van der Waals surface area contributed by atoms with Crippen LogP contribution in [-0.2, 0) is 4.79 Å². The van der Waals surface area contributed by atoms with Crippen molar-refractivity contribution in [3.05, 3.63) is 0 Å². The molecular formula is C10H19NO2. The van der Waals surface area contributed by atoms with E-state index in [1.54, 1.807) is 11.9 Å². The van der Waals surface area contributed by atoms with E-state index in [1.807, 2.05) is 0 Å². The van der Waals surface area contributed by atoms with Gasteiger partial charge >= 0.3 is 0 Å². The van der Waals surface area contributed by atoms with Crippen molar-refractivity contribution >= 4 is 5.91 Å². The molecule has 0 aromatic carbocycles. The molecule has 0 saturated heterocycles. The first-order valence-electron chi connectivity index (χ1n) is 4.80. The summed E-state index contributed by atoms with van der Waals surface area (Å²) in [6.07, 6.45) is 1.21.